The first-order valence-electron chi connectivity index (χ1n) is 11.6. The van der Waals surface area contributed by atoms with Crippen LogP contribution in [0.15, 0.2) is 101 Å². The van der Waals surface area contributed by atoms with Gasteiger partial charge in [-0.2, -0.15) is 5.26 Å². The summed E-state index contributed by atoms with van der Waals surface area (Å²) in [4.78, 5) is 26.1. The van der Waals surface area contributed by atoms with Crippen molar-refractivity contribution in [3.05, 3.63) is 118 Å². The predicted molar refractivity (Wildman–Crippen MR) is 145 cm³/mol. The zero-order valence-corrected chi connectivity index (χ0v) is 21.2. The van der Waals surface area contributed by atoms with Gasteiger partial charge in [0.15, 0.2) is 0 Å². The fourth-order valence-electron chi connectivity index (χ4n) is 4.11. The van der Waals surface area contributed by atoms with Crippen LogP contribution in [-0.4, -0.2) is 17.6 Å². The Morgan fingerprint density at radius 2 is 1.65 bits per heavy atom. The number of carbonyl (C=O) groups is 2. The lowest BCUT2D eigenvalue weighted by molar-refractivity contribution is -0.114. The number of thioether (sulfide) groups is 1. The fourth-order valence-corrected chi connectivity index (χ4v) is 5.00. The molecule has 0 bridgehead atoms. The number of anilines is 2. The van der Waals surface area contributed by atoms with Crippen LogP contribution >= 0.6 is 11.8 Å². The molecule has 0 aromatic heterocycles. The molecule has 1 atom stereocenters. The van der Waals surface area contributed by atoms with Crippen LogP contribution in [0.5, 0.6) is 0 Å². The average Bonchev–Trinajstić information content (AvgIpc) is 2.89. The van der Waals surface area contributed by atoms with E-state index in [-0.39, 0.29) is 28.4 Å². The molecule has 8 heteroatoms. The van der Waals surface area contributed by atoms with Gasteiger partial charge < -0.3 is 16.0 Å². The van der Waals surface area contributed by atoms with E-state index in [1.807, 2.05) is 43.3 Å². The minimum Gasteiger partial charge on any atom is -0.353 e. The van der Waals surface area contributed by atoms with Gasteiger partial charge in [-0.3, -0.25) is 9.59 Å². The van der Waals surface area contributed by atoms with Crippen LogP contribution in [0.1, 0.15) is 24.0 Å². The van der Waals surface area contributed by atoms with Crippen molar-refractivity contribution in [2.75, 3.05) is 16.4 Å². The highest BCUT2D eigenvalue weighted by molar-refractivity contribution is 8.03. The first-order valence-corrected chi connectivity index (χ1v) is 12.6. The van der Waals surface area contributed by atoms with Gasteiger partial charge in [0.1, 0.15) is 5.82 Å². The number of dihydropyridines is 1. The normalized spacial score (nSPS) is 15.0. The highest BCUT2D eigenvalue weighted by atomic mass is 32.2. The van der Waals surface area contributed by atoms with Crippen molar-refractivity contribution in [2.45, 2.75) is 19.8 Å². The Hall–Kier alpha value is -4.35. The van der Waals surface area contributed by atoms with Gasteiger partial charge in [-0.25, -0.2) is 4.39 Å². The van der Waals surface area contributed by atoms with Crippen molar-refractivity contribution < 1.29 is 14.0 Å². The highest BCUT2D eigenvalue weighted by Crippen LogP contribution is 2.41. The van der Waals surface area contributed by atoms with Crippen molar-refractivity contribution in [1.29, 1.82) is 5.26 Å². The Morgan fingerprint density at radius 1 is 0.973 bits per heavy atom. The third-order valence-corrected chi connectivity index (χ3v) is 6.92. The minimum absolute atomic E-state index is 0.0183. The number of para-hydroxylation sites is 2. The van der Waals surface area contributed by atoms with E-state index >= 15 is 4.39 Å². The van der Waals surface area contributed by atoms with Crippen LogP contribution in [0.3, 0.4) is 0 Å². The predicted octanol–water partition coefficient (Wildman–Crippen LogP) is 5.84. The summed E-state index contributed by atoms with van der Waals surface area (Å²) in [7, 11) is 0. The lowest BCUT2D eigenvalue weighted by Gasteiger charge is -2.30. The second-order valence-corrected chi connectivity index (χ2v) is 9.43. The Bertz CT molecular complexity index is 1440. The largest absolute Gasteiger partial charge is 0.353 e. The molecule has 0 spiro atoms. The summed E-state index contributed by atoms with van der Waals surface area (Å²) in [5, 5.41) is 19.4. The zero-order valence-electron chi connectivity index (χ0n) is 20.3. The maximum absolute atomic E-state index is 15.0. The number of hydrogen-bond donors (Lipinski definition) is 3. The smallest absolute Gasteiger partial charge is 0.254 e. The van der Waals surface area contributed by atoms with Gasteiger partial charge in [-0.05, 0) is 43.7 Å². The molecule has 0 unspecified atom stereocenters. The lowest BCUT2D eigenvalue weighted by Crippen LogP contribution is -2.31. The molecule has 0 saturated heterocycles. The number of hydrogen-bond acceptors (Lipinski definition) is 5. The number of nitriles is 1. The molecule has 1 aliphatic rings. The maximum Gasteiger partial charge on any atom is 0.254 e. The molecule has 1 aliphatic heterocycles. The first-order chi connectivity index (χ1) is 17.9. The molecule has 3 N–H and O–H groups in total. The second-order valence-electron chi connectivity index (χ2n) is 8.44. The topological polar surface area (TPSA) is 94.0 Å². The minimum atomic E-state index is -0.948. The van der Waals surface area contributed by atoms with E-state index in [4.69, 9.17) is 0 Å². The Morgan fingerprint density at radius 3 is 2.35 bits per heavy atom. The number of amides is 2. The van der Waals surface area contributed by atoms with Gasteiger partial charge in [-0.1, -0.05) is 66.4 Å². The SMILES string of the molecule is CC1=C(C(=O)Nc2ccccc2C)[C@H](c2ccccc2F)C(C#N)=C(SCC(=O)Nc2ccccc2)N1. The number of aryl methyl sites for hydroxylation is 1. The van der Waals surface area contributed by atoms with Crippen LogP contribution in [0.25, 0.3) is 0 Å². The molecule has 186 valence electrons. The number of nitrogens with one attached hydrogen (secondary N) is 3. The first kappa shape index (κ1) is 25.7. The molecule has 0 aliphatic carbocycles. The number of carbonyl (C=O) groups excluding carboxylic acids is 2. The number of halogens is 1. The van der Waals surface area contributed by atoms with Crippen LogP contribution in [0.4, 0.5) is 15.8 Å². The molecule has 37 heavy (non-hydrogen) atoms. The molecule has 4 rings (SSSR count). The Balaban J connectivity index is 1.66. The molecule has 2 amide bonds. The summed E-state index contributed by atoms with van der Waals surface area (Å²) in [6.07, 6.45) is 0. The molecule has 3 aromatic rings. The summed E-state index contributed by atoms with van der Waals surface area (Å²) in [6, 6.07) is 24.7. The van der Waals surface area contributed by atoms with Gasteiger partial charge >= 0.3 is 0 Å². The van der Waals surface area contributed by atoms with E-state index in [0.29, 0.717) is 22.1 Å². The number of nitrogens with zero attached hydrogens (tertiary/aromatic N) is 1. The van der Waals surface area contributed by atoms with E-state index in [1.54, 1.807) is 43.3 Å². The fraction of sp³-hybridized carbons (Fsp3) is 0.138. The lowest BCUT2D eigenvalue weighted by atomic mass is 9.82. The van der Waals surface area contributed by atoms with Gasteiger partial charge in [0.05, 0.1) is 28.3 Å². The van der Waals surface area contributed by atoms with E-state index in [0.717, 1.165) is 17.3 Å². The summed E-state index contributed by atoms with van der Waals surface area (Å²) in [5.74, 6) is -2.15. The Labute approximate surface area is 219 Å². The van der Waals surface area contributed by atoms with Crippen molar-refractivity contribution in [3.8, 4) is 6.07 Å². The quantitative estimate of drug-likeness (QED) is 0.370. The molecule has 0 radical (unpaired) electrons. The maximum atomic E-state index is 15.0. The van der Waals surface area contributed by atoms with Gasteiger partial charge in [-0.15, -0.1) is 0 Å². The van der Waals surface area contributed by atoms with Crippen LogP contribution in [-0.2, 0) is 9.59 Å². The van der Waals surface area contributed by atoms with Crippen molar-refractivity contribution >= 4 is 35.0 Å². The molecular formula is C29H25FN4O2S. The average molecular weight is 513 g/mol. The standard InChI is InChI=1S/C29H25FN4O2S/c1-18-10-6-9-15-24(18)34-28(36)26-19(2)32-29(37-17-25(35)33-20-11-4-3-5-12-20)22(16-31)27(26)21-13-7-8-14-23(21)30/h3-15,27,32H,17H2,1-2H3,(H,33,35)(H,34,36)/t27-/m1/s1. The molecule has 6 nitrogen and oxygen atoms in total. The monoisotopic (exact) mass is 512 g/mol. The van der Waals surface area contributed by atoms with Gasteiger partial charge in [0.2, 0.25) is 5.91 Å². The summed E-state index contributed by atoms with van der Waals surface area (Å²) in [6.45, 7) is 3.58. The van der Waals surface area contributed by atoms with E-state index in [1.165, 1.54) is 6.07 Å². The summed E-state index contributed by atoms with van der Waals surface area (Å²) in [5.41, 5.74) is 3.25. The van der Waals surface area contributed by atoms with E-state index in [9.17, 15) is 14.9 Å². The summed E-state index contributed by atoms with van der Waals surface area (Å²) >= 11 is 1.13. The molecule has 1 heterocycles. The number of benzene rings is 3. The second kappa shape index (κ2) is 11.6. The summed E-state index contributed by atoms with van der Waals surface area (Å²) < 4.78 is 15.0. The molecule has 0 saturated carbocycles. The van der Waals surface area contributed by atoms with Crippen molar-refractivity contribution in [3.63, 3.8) is 0 Å². The van der Waals surface area contributed by atoms with Crippen molar-refractivity contribution in [1.82, 2.24) is 5.32 Å². The van der Waals surface area contributed by atoms with Gasteiger partial charge in [0, 0.05) is 28.2 Å². The third-order valence-electron chi connectivity index (χ3n) is 5.91. The molecule has 0 fully saturated rings. The van der Waals surface area contributed by atoms with Crippen LogP contribution in [0, 0.1) is 24.1 Å². The third kappa shape index (κ3) is 5.90. The van der Waals surface area contributed by atoms with E-state index < -0.39 is 17.6 Å². The number of rotatable bonds is 7. The van der Waals surface area contributed by atoms with Crippen molar-refractivity contribution in [2.24, 2.45) is 0 Å². The van der Waals surface area contributed by atoms with Gasteiger partial charge in [0.25, 0.3) is 5.91 Å². The van der Waals surface area contributed by atoms with E-state index in [2.05, 4.69) is 22.0 Å². The molecular weight excluding hydrogens is 487 g/mol. The highest BCUT2D eigenvalue weighted by Gasteiger charge is 2.36. The molecule has 3 aromatic carbocycles. The zero-order chi connectivity index (χ0) is 26.4. The number of allylic oxidation sites excluding steroid dienone is 2. The van der Waals surface area contributed by atoms with Crippen LogP contribution in [0.2, 0.25) is 0 Å². The van der Waals surface area contributed by atoms with Crippen LogP contribution < -0.4 is 16.0 Å². The Kier molecular flexibility index (Phi) is 8.06.